The van der Waals surface area contributed by atoms with Crippen LogP contribution in [0.4, 0.5) is 13.2 Å². The Morgan fingerprint density at radius 3 is 2.71 bits per heavy atom. The molecule has 1 heterocycles. The van der Waals surface area contributed by atoms with Gasteiger partial charge in [-0.3, -0.25) is 4.68 Å². The Hall–Kier alpha value is -1.08. The highest BCUT2D eigenvalue weighted by Gasteiger charge is 2.28. The van der Waals surface area contributed by atoms with Gasteiger partial charge in [-0.1, -0.05) is 6.92 Å². The first-order chi connectivity index (χ1) is 7.92. The van der Waals surface area contributed by atoms with Crippen LogP contribution in [0.2, 0.25) is 0 Å². The second-order valence-electron chi connectivity index (χ2n) is 3.69. The molecule has 0 aliphatic heterocycles. The molecule has 0 fully saturated rings. The maximum Gasteiger partial charge on any atom is 0.411 e. The number of rotatable bonds is 6. The van der Waals surface area contributed by atoms with Crippen molar-refractivity contribution in [3.8, 4) is 0 Å². The lowest BCUT2D eigenvalue weighted by Gasteiger charge is -2.17. The largest absolute Gasteiger partial charge is 0.411 e. The number of hydrogen-bond donors (Lipinski definition) is 1. The summed E-state index contributed by atoms with van der Waals surface area (Å²) < 4.78 is 42.1. The Labute approximate surface area is 97.8 Å². The van der Waals surface area contributed by atoms with E-state index in [1.165, 1.54) is 0 Å². The van der Waals surface area contributed by atoms with Crippen LogP contribution in [0.5, 0.6) is 0 Å². The molecule has 98 valence electrons. The van der Waals surface area contributed by atoms with E-state index in [-0.39, 0.29) is 12.6 Å². The number of ether oxygens (including phenoxy) is 1. The molecular formula is C10H16F3N3O. The van der Waals surface area contributed by atoms with Gasteiger partial charge in [0.25, 0.3) is 0 Å². The highest BCUT2D eigenvalue weighted by atomic mass is 19.4. The van der Waals surface area contributed by atoms with Gasteiger partial charge in [0.2, 0.25) is 0 Å². The van der Waals surface area contributed by atoms with Gasteiger partial charge in [-0.05, 0) is 6.54 Å². The zero-order valence-corrected chi connectivity index (χ0v) is 9.79. The summed E-state index contributed by atoms with van der Waals surface area (Å²) in [6.07, 6.45) is -0.916. The molecule has 0 aliphatic rings. The second-order valence-corrected chi connectivity index (χ2v) is 3.69. The number of nitrogens with one attached hydrogen (secondary N) is 1. The van der Waals surface area contributed by atoms with Crippen LogP contribution in [0, 0.1) is 0 Å². The molecule has 1 unspecified atom stereocenters. The molecule has 0 amide bonds. The molecule has 0 saturated carbocycles. The molecule has 0 radical (unpaired) electrons. The van der Waals surface area contributed by atoms with E-state index in [0.29, 0.717) is 6.54 Å². The standard InChI is InChI=1S/C10H16F3N3O/c1-3-14-9(6-17-7-10(11,12)13)8-4-15-16(2)5-8/h4-5,9,14H,3,6-7H2,1-2H3. The van der Waals surface area contributed by atoms with E-state index in [1.807, 2.05) is 6.92 Å². The summed E-state index contributed by atoms with van der Waals surface area (Å²) in [5.74, 6) is 0. The van der Waals surface area contributed by atoms with Crippen LogP contribution in [0.3, 0.4) is 0 Å². The van der Waals surface area contributed by atoms with Crippen molar-refractivity contribution in [1.29, 1.82) is 0 Å². The van der Waals surface area contributed by atoms with Gasteiger partial charge in [-0.15, -0.1) is 0 Å². The van der Waals surface area contributed by atoms with Crippen LogP contribution in [0.1, 0.15) is 18.5 Å². The number of halogens is 3. The summed E-state index contributed by atoms with van der Waals surface area (Å²) in [7, 11) is 1.75. The Morgan fingerprint density at radius 1 is 1.53 bits per heavy atom. The van der Waals surface area contributed by atoms with E-state index < -0.39 is 12.8 Å². The molecule has 7 heteroatoms. The van der Waals surface area contributed by atoms with Crippen molar-refractivity contribution in [2.45, 2.75) is 19.1 Å². The number of nitrogens with zero attached hydrogens (tertiary/aromatic N) is 2. The monoisotopic (exact) mass is 251 g/mol. The fourth-order valence-corrected chi connectivity index (χ4v) is 1.43. The van der Waals surface area contributed by atoms with Gasteiger partial charge in [0.1, 0.15) is 6.61 Å². The summed E-state index contributed by atoms with van der Waals surface area (Å²) >= 11 is 0. The van der Waals surface area contributed by atoms with Gasteiger partial charge >= 0.3 is 6.18 Å². The fourth-order valence-electron chi connectivity index (χ4n) is 1.43. The maximum atomic E-state index is 11.9. The Kier molecular flexibility index (Phi) is 4.95. The molecule has 17 heavy (non-hydrogen) atoms. The topological polar surface area (TPSA) is 39.1 Å². The molecule has 0 bridgehead atoms. The van der Waals surface area contributed by atoms with Crippen molar-refractivity contribution in [1.82, 2.24) is 15.1 Å². The molecule has 1 rings (SSSR count). The molecule has 1 N–H and O–H groups in total. The fraction of sp³-hybridized carbons (Fsp3) is 0.700. The SMILES string of the molecule is CCNC(COCC(F)(F)F)c1cnn(C)c1. The van der Waals surface area contributed by atoms with Crippen molar-refractivity contribution >= 4 is 0 Å². The Bertz CT molecular complexity index is 338. The first kappa shape index (κ1) is 14.0. The van der Waals surface area contributed by atoms with Gasteiger partial charge < -0.3 is 10.1 Å². The van der Waals surface area contributed by atoms with Crippen molar-refractivity contribution in [3.05, 3.63) is 18.0 Å². The normalized spacial score (nSPS) is 13.9. The minimum absolute atomic E-state index is 0.0287. The zero-order chi connectivity index (χ0) is 12.9. The maximum absolute atomic E-state index is 11.9. The first-order valence-corrected chi connectivity index (χ1v) is 5.29. The van der Waals surface area contributed by atoms with E-state index in [1.54, 1.807) is 24.1 Å². The van der Waals surface area contributed by atoms with Crippen LogP contribution in [0.15, 0.2) is 12.4 Å². The van der Waals surface area contributed by atoms with Crippen LogP contribution in [0.25, 0.3) is 0 Å². The average molecular weight is 251 g/mol. The number of alkyl halides is 3. The van der Waals surface area contributed by atoms with Gasteiger partial charge in [0.05, 0.1) is 18.8 Å². The van der Waals surface area contributed by atoms with E-state index in [9.17, 15) is 13.2 Å². The van der Waals surface area contributed by atoms with Crippen molar-refractivity contribution in [2.75, 3.05) is 19.8 Å². The number of aryl methyl sites for hydroxylation is 1. The van der Waals surface area contributed by atoms with E-state index in [4.69, 9.17) is 0 Å². The molecule has 0 aromatic carbocycles. The summed E-state index contributed by atoms with van der Waals surface area (Å²) in [6.45, 7) is 1.27. The minimum atomic E-state index is -4.29. The van der Waals surface area contributed by atoms with Crippen LogP contribution < -0.4 is 5.32 Å². The molecule has 4 nitrogen and oxygen atoms in total. The average Bonchev–Trinajstić information content (AvgIpc) is 2.62. The molecular weight excluding hydrogens is 235 g/mol. The molecule has 1 atom stereocenters. The third-order valence-electron chi connectivity index (χ3n) is 2.13. The summed E-state index contributed by atoms with van der Waals surface area (Å²) in [5, 5.41) is 7.03. The lowest BCUT2D eigenvalue weighted by atomic mass is 10.2. The Balaban J connectivity index is 2.49. The predicted molar refractivity (Wildman–Crippen MR) is 56.5 cm³/mol. The minimum Gasteiger partial charge on any atom is -0.370 e. The highest BCUT2D eigenvalue weighted by molar-refractivity contribution is 5.10. The molecule has 1 aromatic heterocycles. The smallest absolute Gasteiger partial charge is 0.370 e. The van der Waals surface area contributed by atoms with Crippen LogP contribution in [-0.4, -0.2) is 35.7 Å². The van der Waals surface area contributed by atoms with Gasteiger partial charge in [-0.2, -0.15) is 18.3 Å². The lowest BCUT2D eigenvalue weighted by molar-refractivity contribution is -0.175. The summed E-state index contributed by atoms with van der Waals surface area (Å²) in [5.41, 5.74) is 0.816. The van der Waals surface area contributed by atoms with E-state index in [2.05, 4.69) is 15.2 Å². The van der Waals surface area contributed by atoms with E-state index in [0.717, 1.165) is 5.56 Å². The number of hydrogen-bond acceptors (Lipinski definition) is 3. The second kappa shape index (κ2) is 6.02. The zero-order valence-electron chi connectivity index (χ0n) is 9.79. The highest BCUT2D eigenvalue weighted by Crippen LogP contribution is 2.17. The van der Waals surface area contributed by atoms with Crippen molar-refractivity contribution in [2.24, 2.45) is 7.05 Å². The molecule has 0 saturated heterocycles. The van der Waals surface area contributed by atoms with E-state index >= 15 is 0 Å². The Morgan fingerprint density at radius 2 is 2.24 bits per heavy atom. The number of likely N-dealkylation sites (N-methyl/N-ethyl adjacent to an activating group) is 1. The van der Waals surface area contributed by atoms with Crippen LogP contribution in [-0.2, 0) is 11.8 Å². The first-order valence-electron chi connectivity index (χ1n) is 5.29. The van der Waals surface area contributed by atoms with Crippen molar-refractivity contribution < 1.29 is 17.9 Å². The van der Waals surface area contributed by atoms with Gasteiger partial charge in [0.15, 0.2) is 0 Å². The molecule has 0 spiro atoms. The molecule has 0 aliphatic carbocycles. The third kappa shape index (κ3) is 5.18. The van der Waals surface area contributed by atoms with Gasteiger partial charge in [0, 0.05) is 18.8 Å². The van der Waals surface area contributed by atoms with Gasteiger partial charge in [-0.25, -0.2) is 0 Å². The third-order valence-corrected chi connectivity index (χ3v) is 2.13. The lowest BCUT2D eigenvalue weighted by Crippen LogP contribution is -2.27. The number of aromatic nitrogens is 2. The summed E-state index contributed by atoms with van der Waals surface area (Å²) in [4.78, 5) is 0. The molecule has 1 aromatic rings. The quantitative estimate of drug-likeness (QED) is 0.835. The van der Waals surface area contributed by atoms with Crippen LogP contribution >= 0.6 is 0 Å². The summed E-state index contributed by atoms with van der Waals surface area (Å²) in [6, 6.07) is -0.268. The van der Waals surface area contributed by atoms with Crippen molar-refractivity contribution in [3.63, 3.8) is 0 Å². The predicted octanol–water partition coefficient (Wildman–Crippen LogP) is 1.65.